The van der Waals surface area contributed by atoms with Crippen LogP contribution in [-0.2, 0) is 9.53 Å². The average Bonchev–Trinajstić information content (AvgIpc) is 3.06. The number of aromatic nitrogens is 2. The number of pyridine rings is 1. The molecule has 134 valence electrons. The molecule has 1 amide bonds. The van der Waals surface area contributed by atoms with Gasteiger partial charge in [-0.2, -0.15) is 0 Å². The Hall–Kier alpha value is -2.28. The number of nitrogens with zero attached hydrogens (tertiary/aromatic N) is 1. The number of carbonyl (C=O) groups excluding carboxylic acids is 2. The summed E-state index contributed by atoms with van der Waals surface area (Å²) in [4.78, 5) is 31.7. The second-order valence-electron chi connectivity index (χ2n) is 5.38. The minimum absolute atomic E-state index is 0.178. The summed E-state index contributed by atoms with van der Waals surface area (Å²) in [5.41, 5.74) is 1.05. The van der Waals surface area contributed by atoms with Gasteiger partial charge in [-0.3, -0.25) is 4.79 Å². The van der Waals surface area contributed by atoms with E-state index in [-0.39, 0.29) is 15.7 Å². The number of H-pyrrole nitrogens is 1. The maximum Gasteiger partial charge on any atom is 0.339 e. The number of hydrogen-bond acceptors (Lipinski definition) is 4. The number of ether oxygens (including phenoxy) is 1. The second kappa shape index (κ2) is 7.53. The van der Waals surface area contributed by atoms with Gasteiger partial charge in [-0.1, -0.05) is 34.8 Å². The maximum atomic E-state index is 12.4. The zero-order valence-corrected chi connectivity index (χ0v) is 15.6. The standard InChI is InChI=1S/C17H12Cl3N3O3/c1-8(16(24)23-14-12(19)6-9(18)7-13(14)20)26-17(25)11-3-5-22-15-10(11)2-4-21-15/h2-8H,1H3,(H,21,22)(H,23,24). The lowest BCUT2D eigenvalue weighted by Gasteiger charge is -2.15. The number of aromatic amines is 1. The summed E-state index contributed by atoms with van der Waals surface area (Å²) in [7, 11) is 0. The second-order valence-corrected chi connectivity index (χ2v) is 6.63. The van der Waals surface area contributed by atoms with Crippen molar-refractivity contribution in [3.8, 4) is 0 Å². The Morgan fingerprint density at radius 2 is 1.88 bits per heavy atom. The van der Waals surface area contributed by atoms with Crippen LogP contribution in [0.2, 0.25) is 15.1 Å². The molecule has 3 rings (SSSR count). The molecule has 2 N–H and O–H groups in total. The molecule has 0 fully saturated rings. The fourth-order valence-electron chi connectivity index (χ4n) is 2.30. The monoisotopic (exact) mass is 411 g/mol. The molecule has 9 heteroatoms. The van der Waals surface area contributed by atoms with Crippen molar-refractivity contribution in [1.82, 2.24) is 9.97 Å². The third-order valence-corrected chi connectivity index (χ3v) is 4.40. The highest BCUT2D eigenvalue weighted by Crippen LogP contribution is 2.33. The minimum Gasteiger partial charge on any atom is -0.449 e. The molecule has 0 saturated heterocycles. The van der Waals surface area contributed by atoms with E-state index in [4.69, 9.17) is 39.5 Å². The highest BCUT2D eigenvalue weighted by Gasteiger charge is 2.22. The van der Waals surface area contributed by atoms with Gasteiger partial charge in [0.1, 0.15) is 5.65 Å². The number of nitrogens with one attached hydrogen (secondary N) is 2. The van der Waals surface area contributed by atoms with E-state index < -0.39 is 18.0 Å². The van der Waals surface area contributed by atoms with Gasteiger partial charge in [0.05, 0.1) is 21.3 Å². The van der Waals surface area contributed by atoms with E-state index in [9.17, 15) is 9.59 Å². The molecule has 0 spiro atoms. The van der Waals surface area contributed by atoms with Gasteiger partial charge >= 0.3 is 5.97 Å². The van der Waals surface area contributed by atoms with Gasteiger partial charge in [0.25, 0.3) is 5.91 Å². The third kappa shape index (κ3) is 3.77. The quantitative estimate of drug-likeness (QED) is 0.608. The zero-order chi connectivity index (χ0) is 18.8. The van der Waals surface area contributed by atoms with Crippen LogP contribution in [0.15, 0.2) is 36.7 Å². The lowest BCUT2D eigenvalue weighted by atomic mass is 10.2. The number of rotatable bonds is 4. The van der Waals surface area contributed by atoms with Crippen LogP contribution >= 0.6 is 34.8 Å². The Morgan fingerprint density at radius 1 is 1.19 bits per heavy atom. The molecule has 0 saturated carbocycles. The predicted octanol–water partition coefficient (Wildman–Crippen LogP) is 4.71. The van der Waals surface area contributed by atoms with Crippen LogP contribution in [0.1, 0.15) is 17.3 Å². The number of benzene rings is 1. The third-order valence-electron chi connectivity index (χ3n) is 3.59. The van der Waals surface area contributed by atoms with Crippen LogP contribution < -0.4 is 5.32 Å². The summed E-state index contributed by atoms with van der Waals surface area (Å²) in [6.07, 6.45) is 2.06. The van der Waals surface area contributed by atoms with Crippen LogP contribution in [0, 0.1) is 0 Å². The number of halogens is 3. The first-order valence-corrected chi connectivity index (χ1v) is 8.58. The van der Waals surface area contributed by atoms with Gasteiger partial charge < -0.3 is 15.0 Å². The van der Waals surface area contributed by atoms with E-state index in [2.05, 4.69) is 15.3 Å². The van der Waals surface area contributed by atoms with Crippen molar-refractivity contribution in [3.63, 3.8) is 0 Å². The van der Waals surface area contributed by atoms with Crippen LogP contribution in [0.25, 0.3) is 11.0 Å². The lowest BCUT2D eigenvalue weighted by molar-refractivity contribution is -0.123. The summed E-state index contributed by atoms with van der Waals surface area (Å²) < 4.78 is 5.25. The number of esters is 1. The van der Waals surface area contributed by atoms with Crippen molar-refractivity contribution in [2.75, 3.05) is 5.32 Å². The summed E-state index contributed by atoms with van der Waals surface area (Å²) in [5, 5.41) is 3.84. The van der Waals surface area contributed by atoms with Gasteiger partial charge in [-0.15, -0.1) is 0 Å². The molecule has 26 heavy (non-hydrogen) atoms. The number of fused-ring (bicyclic) bond motifs is 1. The molecule has 1 unspecified atom stereocenters. The molecule has 0 radical (unpaired) electrons. The summed E-state index contributed by atoms with van der Waals surface area (Å²) in [6, 6.07) is 6.12. The average molecular weight is 413 g/mol. The fraction of sp³-hybridized carbons (Fsp3) is 0.118. The van der Waals surface area contributed by atoms with E-state index in [1.54, 1.807) is 12.3 Å². The Balaban J connectivity index is 1.74. The smallest absolute Gasteiger partial charge is 0.339 e. The van der Waals surface area contributed by atoms with Crippen molar-refractivity contribution in [1.29, 1.82) is 0 Å². The predicted molar refractivity (Wildman–Crippen MR) is 101 cm³/mol. The Morgan fingerprint density at radius 3 is 2.58 bits per heavy atom. The molecule has 6 nitrogen and oxygen atoms in total. The van der Waals surface area contributed by atoms with Gasteiger partial charge in [0.2, 0.25) is 0 Å². The molecular formula is C17H12Cl3N3O3. The van der Waals surface area contributed by atoms with Crippen molar-refractivity contribution in [3.05, 3.63) is 57.3 Å². The molecule has 2 heterocycles. The number of anilines is 1. The molecule has 3 aromatic rings. The van der Waals surface area contributed by atoms with Crippen LogP contribution in [0.3, 0.4) is 0 Å². The number of hydrogen-bond donors (Lipinski definition) is 2. The topological polar surface area (TPSA) is 84.1 Å². The SMILES string of the molecule is CC(OC(=O)c1ccnc2[nH]ccc12)C(=O)Nc1c(Cl)cc(Cl)cc1Cl. The molecular weight excluding hydrogens is 401 g/mol. The van der Waals surface area contributed by atoms with Crippen molar-refractivity contribution < 1.29 is 14.3 Å². The molecule has 0 aliphatic heterocycles. The molecule has 1 atom stereocenters. The van der Waals surface area contributed by atoms with Gasteiger partial charge in [0, 0.05) is 22.8 Å². The van der Waals surface area contributed by atoms with E-state index in [1.807, 2.05) is 0 Å². The highest BCUT2D eigenvalue weighted by molar-refractivity contribution is 6.42. The molecule has 1 aromatic carbocycles. The lowest BCUT2D eigenvalue weighted by Crippen LogP contribution is -2.30. The van der Waals surface area contributed by atoms with E-state index in [0.29, 0.717) is 21.6 Å². The van der Waals surface area contributed by atoms with Crippen LogP contribution in [0.5, 0.6) is 0 Å². The zero-order valence-electron chi connectivity index (χ0n) is 13.3. The van der Waals surface area contributed by atoms with Crippen molar-refractivity contribution >= 4 is 63.4 Å². The Labute approximate surface area is 163 Å². The Kier molecular flexibility index (Phi) is 5.36. The first-order valence-electron chi connectivity index (χ1n) is 7.45. The number of amides is 1. The minimum atomic E-state index is -1.08. The first-order chi connectivity index (χ1) is 12.4. The van der Waals surface area contributed by atoms with Crippen LogP contribution in [0.4, 0.5) is 5.69 Å². The maximum absolute atomic E-state index is 12.4. The fourth-order valence-corrected chi connectivity index (χ4v) is 3.21. The van der Waals surface area contributed by atoms with Crippen LogP contribution in [-0.4, -0.2) is 27.9 Å². The highest BCUT2D eigenvalue weighted by atomic mass is 35.5. The Bertz CT molecular complexity index is 980. The largest absolute Gasteiger partial charge is 0.449 e. The molecule has 0 bridgehead atoms. The van der Waals surface area contributed by atoms with Gasteiger partial charge in [-0.05, 0) is 31.2 Å². The van der Waals surface area contributed by atoms with Gasteiger partial charge in [0.15, 0.2) is 6.10 Å². The molecule has 0 aliphatic carbocycles. The summed E-state index contributed by atoms with van der Waals surface area (Å²) in [6.45, 7) is 1.44. The van der Waals surface area contributed by atoms with Crippen molar-refractivity contribution in [2.24, 2.45) is 0 Å². The molecule has 0 aliphatic rings. The number of carbonyl (C=O) groups is 2. The summed E-state index contributed by atoms with van der Waals surface area (Å²) in [5.74, 6) is -1.23. The first kappa shape index (κ1) is 18.5. The summed E-state index contributed by atoms with van der Waals surface area (Å²) >= 11 is 17.9. The van der Waals surface area contributed by atoms with E-state index >= 15 is 0 Å². The normalized spacial score (nSPS) is 12.0. The van der Waals surface area contributed by atoms with Crippen molar-refractivity contribution in [2.45, 2.75) is 13.0 Å². The van der Waals surface area contributed by atoms with E-state index in [0.717, 1.165) is 0 Å². The van der Waals surface area contributed by atoms with E-state index in [1.165, 1.54) is 31.3 Å². The van der Waals surface area contributed by atoms with Gasteiger partial charge in [-0.25, -0.2) is 9.78 Å². The molecule has 2 aromatic heterocycles.